The molecule has 2 aromatic rings. The molecule has 1 saturated carbocycles. The number of sulfonamides is 1. The fourth-order valence-electron chi connectivity index (χ4n) is 2.94. The molecule has 2 N–H and O–H groups in total. The predicted molar refractivity (Wildman–Crippen MR) is 97.5 cm³/mol. The third kappa shape index (κ3) is 3.93. The number of hydrogen-bond donors (Lipinski definition) is 2. The number of aromatic nitrogens is 2. The first kappa shape index (κ1) is 18.9. The molecule has 1 heterocycles. The van der Waals surface area contributed by atoms with Crippen molar-refractivity contribution in [2.24, 2.45) is 0 Å². The van der Waals surface area contributed by atoms with Gasteiger partial charge in [-0.3, -0.25) is 10.1 Å². The number of anilines is 1. The average molecular weight is 396 g/mol. The van der Waals surface area contributed by atoms with Crippen LogP contribution in [0.2, 0.25) is 0 Å². The maximum Gasteiger partial charge on any atom is 0.272 e. The van der Waals surface area contributed by atoms with E-state index in [1.54, 1.807) is 30.3 Å². The summed E-state index contributed by atoms with van der Waals surface area (Å²) in [6, 6.07) is 8.07. The van der Waals surface area contributed by atoms with Crippen LogP contribution in [-0.4, -0.2) is 53.1 Å². The van der Waals surface area contributed by atoms with Gasteiger partial charge in [0.2, 0.25) is 9.47 Å². The first-order valence-electron chi connectivity index (χ1n) is 8.25. The fourth-order valence-corrected chi connectivity index (χ4v) is 5.42. The first-order valence-corrected chi connectivity index (χ1v) is 10.5. The van der Waals surface area contributed by atoms with Crippen molar-refractivity contribution in [3.8, 4) is 0 Å². The van der Waals surface area contributed by atoms with E-state index in [-0.39, 0.29) is 15.4 Å². The Hall–Kier alpha value is -1.88. The molecular weight excluding hydrogens is 376 g/mol. The molecular formula is C16H20N4O4S2. The van der Waals surface area contributed by atoms with Crippen molar-refractivity contribution in [2.45, 2.75) is 42.2 Å². The number of benzene rings is 1. The van der Waals surface area contributed by atoms with Crippen molar-refractivity contribution in [1.82, 2.24) is 14.5 Å². The summed E-state index contributed by atoms with van der Waals surface area (Å²) in [4.78, 5) is 12.1. The van der Waals surface area contributed by atoms with Gasteiger partial charge >= 0.3 is 0 Å². The quantitative estimate of drug-likeness (QED) is 0.744. The summed E-state index contributed by atoms with van der Waals surface area (Å²) in [7, 11) is -2.44. The van der Waals surface area contributed by atoms with E-state index >= 15 is 0 Å². The van der Waals surface area contributed by atoms with Crippen molar-refractivity contribution in [3.05, 3.63) is 35.9 Å². The molecule has 0 bridgehead atoms. The summed E-state index contributed by atoms with van der Waals surface area (Å²) in [5.41, 5.74) is 0.439. The van der Waals surface area contributed by atoms with Crippen LogP contribution >= 0.6 is 11.3 Å². The van der Waals surface area contributed by atoms with Crippen molar-refractivity contribution in [1.29, 1.82) is 0 Å². The second-order valence-electron chi connectivity index (χ2n) is 6.13. The number of nitrogens with zero attached hydrogens (tertiary/aromatic N) is 3. The number of amides is 1. The monoisotopic (exact) mass is 396 g/mol. The minimum atomic E-state index is -3.88. The molecule has 26 heavy (non-hydrogen) atoms. The lowest BCUT2D eigenvalue weighted by Crippen LogP contribution is -2.46. The molecule has 140 valence electrons. The summed E-state index contributed by atoms with van der Waals surface area (Å²) in [5, 5.41) is 20.2. The summed E-state index contributed by atoms with van der Waals surface area (Å²) in [5.74, 6) is -0.387. The summed E-state index contributed by atoms with van der Waals surface area (Å²) in [6.07, 6.45) is 2.26. The van der Waals surface area contributed by atoms with E-state index in [0.29, 0.717) is 18.4 Å². The average Bonchev–Trinajstić information content (AvgIpc) is 3.11. The highest BCUT2D eigenvalue weighted by molar-refractivity contribution is 7.91. The van der Waals surface area contributed by atoms with E-state index in [1.807, 2.05) is 0 Å². The maximum absolute atomic E-state index is 12.8. The molecule has 1 aromatic heterocycles. The van der Waals surface area contributed by atoms with Gasteiger partial charge in [0.05, 0.1) is 12.1 Å². The van der Waals surface area contributed by atoms with Crippen LogP contribution in [0.1, 0.15) is 36.0 Å². The van der Waals surface area contributed by atoms with Crippen LogP contribution < -0.4 is 5.32 Å². The Labute approximate surface area is 155 Å². The summed E-state index contributed by atoms with van der Waals surface area (Å²) in [6.45, 7) is 0. The van der Waals surface area contributed by atoms with Gasteiger partial charge in [0.15, 0.2) is 0 Å². The lowest BCUT2D eigenvalue weighted by Gasteiger charge is -2.33. The van der Waals surface area contributed by atoms with Crippen molar-refractivity contribution in [2.75, 3.05) is 12.4 Å². The van der Waals surface area contributed by atoms with E-state index in [2.05, 4.69) is 15.5 Å². The Morgan fingerprint density at radius 1 is 1.23 bits per heavy atom. The molecule has 0 aliphatic heterocycles. The largest absolute Gasteiger partial charge is 0.391 e. The first-order chi connectivity index (χ1) is 12.4. The molecule has 2 atom stereocenters. The van der Waals surface area contributed by atoms with E-state index < -0.39 is 22.2 Å². The van der Waals surface area contributed by atoms with Crippen LogP contribution in [0.4, 0.5) is 5.13 Å². The highest BCUT2D eigenvalue weighted by Gasteiger charge is 2.36. The lowest BCUT2D eigenvalue weighted by atomic mass is 9.93. The molecule has 0 radical (unpaired) electrons. The van der Waals surface area contributed by atoms with Crippen molar-refractivity contribution < 1.29 is 18.3 Å². The number of nitrogens with one attached hydrogen (secondary N) is 1. The zero-order valence-electron chi connectivity index (χ0n) is 14.2. The van der Waals surface area contributed by atoms with Gasteiger partial charge in [-0.05, 0) is 25.0 Å². The van der Waals surface area contributed by atoms with E-state index in [0.717, 1.165) is 24.2 Å². The minimum absolute atomic E-state index is 0.107. The summed E-state index contributed by atoms with van der Waals surface area (Å²) >= 11 is 0.791. The number of likely N-dealkylation sites (N-methyl/N-ethyl adjacent to an activating group) is 1. The van der Waals surface area contributed by atoms with E-state index in [4.69, 9.17) is 0 Å². The molecule has 1 fully saturated rings. The smallest absolute Gasteiger partial charge is 0.272 e. The van der Waals surface area contributed by atoms with E-state index in [1.165, 1.54) is 11.4 Å². The van der Waals surface area contributed by atoms with Gasteiger partial charge in [-0.1, -0.05) is 42.4 Å². The van der Waals surface area contributed by atoms with Gasteiger partial charge < -0.3 is 5.11 Å². The second-order valence-corrected chi connectivity index (χ2v) is 9.28. The molecule has 1 aromatic carbocycles. The molecule has 1 aliphatic carbocycles. The number of aliphatic hydroxyl groups excluding tert-OH is 1. The number of aliphatic hydroxyl groups is 1. The maximum atomic E-state index is 12.8. The van der Waals surface area contributed by atoms with Gasteiger partial charge in [-0.15, -0.1) is 10.2 Å². The third-order valence-corrected chi connectivity index (χ3v) is 7.49. The molecule has 8 nitrogen and oxygen atoms in total. The van der Waals surface area contributed by atoms with Gasteiger partial charge in [0.25, 0.3) is 15.9 Å². The zero-order valence-corrected chi connectivity index (χ0v) is 15.8. The van der Waals surface area contributed by atoms with Crippen LogP contribution in [0, 0.1) is 0 Å². The highest BCUT2D eigenvalue weighted by atomic mass is 32.2. The number of carbonyl (C=O) groups is 1. The highest BCUT2D eigenvalue weighted by Crippen LogP contribution is 2.29. The SMILES string of the molecule is CN([C@@H]1CCCC[C@H]1O)S(=O)(=O)c1nnc(NC(=O)c2ccccc2)s1. The van der Waals surface area contributed by atoms with Crippen molar-refractivity contribution >= 4 is 32.4 Å². The molecule has 1 amide bonds. The molecule has 0 saturated heterocycles. The van der Waals surface area contributed by atoms with Crippen LogP contribution in [0.15, 0.2) is 34.7 Å². The fraction of sp³-hybridized carbons (Fsp3) is 0.438. The number of rotatable bonds is 5. The van der Waals surface area contributed by atoms with E-state index in [9.17, 15) is 18.3 Å². The second kappa shape index (κ2) is 7.78. The zero-order chi connectivity index (χ0) is 18.7. The lowest BCUT2D eigenvalue weighted by molar-refractivity contribution is 0.0638. The Morgan fingerprint density at radius 2 is 1.92 bits per heavy atom. The Balaban J connectivity index is 1.74. The number of hydrogen-bond acceptors (Lipinski definition) is 7. The van der Waals surface area contributed by atoms with Crippen LogP contribution in [0.3, 0.4) is 0 Å². The number of carbonyl (C=O) groups excluding carboxylic acids is 1. The van der Waals surface area contributed by atoms with Crippen LogP contribution in [0.25, 0.3) is 0 Å². The van der Waals surface area contributed by atoms with Crippen molar-refractivity contribution in [3.63, 3.8) is 0 Å². The molecule has 10 heteroatoms. The van der Waals surface area contributed by atoms with Gasteiger partial charge in [-0.2, -0.15) is 4.31 Å². The molecule has 1 aliphatic rings. The summed E-state index contributed by atoms with van der Waals surface area (Å²) < 4.78 is 26.5. The standard InChI is InChI=1S/C16H20N4O4S2/c1-20(12-9-5-6-10-13(12)21)26(23,24)16-19-18-15(25-16)17-14(22)11-7-3-2-4-8-11/h2-4,7-8,12-13,21H,5-6,9-10H2,1H3,(H,17,18,22)/t12-,13-/m1/s1. The molecule has 0 unspecified atom stereocenters. The van der Waals surface area contributed by atoms with Gasteiger partial charge in [0.1, 0.15) is 0 Å². The van der Waals surface area contributed by atoms with Gasteiger partial charge in [-0.25, -0.2) is 8.42 Å². The topological polar surface area (TPSA) is 112 Å². The van der Waals surface area contributed by atoms with Crippen LogP contribution in [0.5, 0.6) is 0 Å². The Bertz CT molecular complexity index is 869. The third-order valence-electron chi connectivity index (χ3n) is 4.42. The molecule has 3 rings (SSSR count). The predicted octanol–water partition coefficient (Wildman–Crippen LogP) is 1.71. The Kier molecular flexibility index (Phi) is 5.66. The van der Waals surface area contributed by atoms with Gasteiger partial charge in [0, 0.05) is 12.6 Å². The molecule has 0 spiro atoms. The Morgan fingerprint density at radius 3 is 2.62 bits per heavy atom. The van der Waals surface area contributed by atoms with Crippen LogP contribution in [-0.2, 0) is 10.0 Å². The minimum Gasteiger partial charge on any atom is -0.391 e. The normalized spacial score (nSPS) is 20.9.